The van der Waals surface area contributed by atoms with Gasteiger partial charge in [0.1, 0.15) is 5.75 Å². The molecule has 2 N–H and O–H groups in total. The monoisotopic (exact) mass is 575 g/mol. The van der Waals surface area contributed by atoms with Crippen LogP contribution in [0, 0.1) is 6.92 Å². The molecule has 4 aromatic rings. The summed E-state index contributed by atoms with van der Waals surface area (Å²) < 4.78 is 47.1. The van der Waals surface area contributed by atoms with Crippen LogP contribution >= 0.6 is 0 Å². The van der Waals surface area contributed by atoms with E-state index in [-0.39, 0.29) is 30.5 Å². The minimum atomic E-state index is -4.51. The predicted octanol–water partition coefficient (Wildman–Crippen LogP) is 7.07. The highest BCUT2D eigenvalue weighted by Crippen LogP contribution is 2.36. The number of benzene rings is 3. The molecule has 0 saturated carbocycles. The van der Waals surface area contributed by atoms with Crippen molar-refractivity contribution in [2.75, 3.05) is 36.9 Å². The molecule has 0 spiro atoms. The third-order valence-corrected chi connectivity index (χ3v) is 7.86. The Kier molecular flexibility index (Phi) is 7.64. The van der Waals surface area contributed by atoms with Gasteiger partial charge in [-0.15, -0.1) is 0 Å². The number of hydrogen-bond acceptors (Lipinski definition) is 5. The number of amides is 2. The third-order valence-electron chi connectivity index (χ3n) is 7.86. The molecule has 7 nitrogen and oxygen atoms in total. The Morgan fingerprint density at radius 2 is 1.76 bits per heavy atom. The lowest BCUT2D eigenvalue weighted by Gasteiger charge is -2.34. The van der Waals surface area contributed by atoms with E-state index in [1.165, 1.54) is 0 Å². The molecule has 2 aliphatic rings. The molecule has 2 bridgehead atoms. The molecule has 2 saturated heterocycles. The highest BCUT2D eigenvalue weighted by atomic mass is 19.4. The van der Waals surface area contributed by atoms with Crippen LogP contribution in [-0.2, 0) is 6.18 Å². The van der Waals surface area contributed by atoms with Crippen molar-refractivity contribution in [2.24, 2.45) is 0 Å². The summed E-state index contributed by atoms with van der Waals surface area (Å²) in [5.74, 6) is 0.161. The van der Waals surface area contributed by atoms with Crippen molar-refractivity contribution in [3.63, 3.8) is 0 Å². The summed E-state index contributed by atoms with van der Waals surface area (Å²) in [4.78, 5) is 21.5. The number of fused-ring (bicyclic) bond motifs is 3. The topological polar surface area (TPSA) is 69.7 Å². The first-order valence-corrected chi connectivity index (χ1v) is 14.1. The van der Waals surface area contributed by atoms with Crippen LogP contribution in [0.25, 0.3) is 10.9 Å². The SMILES string of the molecule is Cc1cc(Nc2cc(OCCCN3C[C@@H]4C[C@H]3CN4C(=O)Nc3ccccc3)cc(C(F)(F)F)c2)c2ccccc2n1. The van der Waals surface area contributed by atoms with E-state index >= 15 is 0 Å². The number of ether oxygens (including phenoxy) is 1. The van der Waals surface area contributed by atoms with Gasteiger partial charge in [-0.1, -0.05) is 36.4 Å². The number of anilines is 3. The van der Waals surface area contributed by atoms with Crippen LogP contribution in [0.1, 0.15) is 24.1 Å². The second kappa shape index (κ2) is 11.5. The van der Waals surface area contributed by atoms with E-state index < -0.39 is 11.7 Å². The molecule has 2 fully saturated rings. The minimum absolute atomic E-state index is 0.0828. The fourth-order valence-corrected chi connectivity index (χ4v) is 5.93. The third kappa shape index (κ3) is 6.13. The Morgan fingerprint density at radius 3 is 2.52 bits per heavy atom. The first-order valence-electron chi connectivity index (χ1n) is 14.1. The standard InChI is InChI=1S/C32H32F3N5O2/c1-21-14-30(28-10-5-6-11-29(28)36-21)37-24-15-22(32(33,34)35)16-27(17-24)42-13-7-12-39-19-26-18-25(39)20-40(26)31(41)38-23-8-3-2-4-9-23/h2-6,8-11,14-17,25-26H,7,12-13,18-20H2,1H3,(H,36,37)(H,38,41)/t25-,26-/m0/s1. The number of hydrogen-bond donors (Lipinski definition) is 2. The minimum Gasteiger partial charge on any atom is -0.493 e. The van der Waals surface area contributed by atoms with Gasteiger partial charge in [0.05, 0.1) is 17.7 Å². The average Bonchev–Trinajstić information content (AvgIpc) is 3.56. The number of nitrogens with zero attached hydrogens (tertiary/aromatic N) is 3. The van der Waals surface area contributed by atoms with Crippen molar-refractivity contribution in [1.82, 2.24) is 14.8 Å². The number of carbonyl (C=O) groups excluding carboxylic acids is 1. The van der Waals surface area contributed by atoms with Gasteiger partial charge in [0.25, 0.3) is 0 Å². The van der Waals surface area contributed by atoms with Crippen molar-refractivity contribution in [1.29, 1.82) is 0 Å². The fraction of sp³-hybridized carbons (Fsp3) is 0.312. The molecule has 2 aliphatic heterocycles. The van der Waals surface area contributed by atoms with E-state index in [2.05, 4.69) is 20.5 Å². The molecular weight excluding hydrogens is 543 g/mol. The summed E-state index contributed by atoms with van der Waals surface area (Å²) in [6, 6.07) is 22.8. The summed E-state index contributed by atoms with van der Waals surface area (Å²) in [5.41, 5.74) is 2.49. The van der Waals surface area contributed by atoms with Crippen LogP contribution in [0.2, 0.25) is 0 Å². The number of para-hydroxylation sites is 2. The molecule has 0 radical (unpaired) electrons. The van der Waals surface area contributed by atoms with Gasteiger partial charge in [-0.2, -0.15) is 13.2 Å². The van der Waals surface area contributed by atoms with E-state index in [0.717, 1.165) is 53.9 Å². The number of likely N-dealkylation sites (tertiary alicyclic amines) is 2. The normalized spacial score (nSPS) is 18.4. The van der Waals surface area contributed by atoms with E-state index in [1.54, 1.807) is 6.07 Å². The highest BCUT2D eigenvalue weighted by molar-refractivity contribution is 5.93. The van der Waals surface area contributed by atoms with Gasteiger partial charge in [0.2, 0.25) is 0 Å². The lowest BCUT2D eigenvalue weighted by molar-refractivity contribution is -0.137. The maximum Gasteiger partial charge on any atom is 0.416 e. The van der Waals surface area contributed by atoms with Gasteiger partial charge in [0.15, 0.2) is 0 Å². The van der Waals surface area contributed by atoms with E-state index in [9.17, 15) is 18.0 Å². The Labute approximate surface area is 242 Å². The van der Waals surface area contributed by atoms with Crippen LogP contribution < -0.4 is 15.4 Å². The number of piperazine rings is 1. The zero-order valence-corrected chi connectivity index (χ0v) is 23.2. The zero-order valence-electron chi connectivity index (χ0n) is 23.2. The van der Waals surface area contributed by atoms with Crippen LogP contribution in [0.15, 0.2) is 78.9 Å². The summed E-state index contributed by atoms with van der Waals surface area (Å²) in [7, 11) is 0. The number of pyridine rings is 1. The maximum atomic E-state index is 13.8. The molecular formula is C32H32F3N5O2. The van der Waals surface area contributed by atoms with Crippen molar-refractivity contribution in [2.45, 2.75) is 38.0 Å². The molecule has 218 valence electrons. The molecule has 2 amide bonds. The first-order chi connectivity index (χ1) is 20.2. The van der Waals surface area contributed by atoms with Crippen LogP contribution in [0.3, 0.4) is 0 Å². The molecule has 1 aromatic heterocycles. The first kappa shape index (κ1) is 27.8. The van der Waals surface area contributed by atoms with E-state index in [4.69, 9.17) is 4.74 Å². The molecule has 0 aliphatic carbocycles. The number of nitrogens with one attached hydrogen (secondary N) is 2. The molecule has 6 rings (SSSR count). The Morgan fingerprint density at radius 1 is 0.976 bits per heavy atom. The van der Waals surface area contributed by atoms with E-state index in [1.807, 2.05) is 72.5 Å². The quantitative estimate of drug-likeness (QED) is 0.220. The molecule has 0 unspecified atom stereocenters. The summed E-state index contributed by atoms with van der Waals surface area (Å²) >= 11 is 0. The lowest BCUT2D eigenvalue weighted by Crippen LogP contribution is -2.50. The molecule has 2 atom stereocenters. The lowest BCUT2D eigenvalue weighted by atomic mass is 10.1. The van der Waals surface area contributed by atoms with Gasteiger partial charge in [-0.25, -0.2) is 4.79 Å². The number of rotatable bonds is 8. The Balaban J connectivity index is 1.06. The molecule has 3 heterocycles. The van der Waals surface area contributed by atoms with Crippen molar-refractivity contribution in [3.05, 3.63) is 90.1 Å². The number of aromatic nitrogens is 1. The number of halogens is 3. The number of aryl methyl sites for hydroxylation is 1. The number of carbonyl (C=O) groups is 1. The Hall–Kier alpha value is -4.31. The second-order valence-corrected chi connectivity index (χ2v) is 10.9. The molecule has 10 heteroatoms. The molecule has 3 aromatic carbocycles. The maximum absolute atomic E-state index is 13.8. The van der Waals surface area contributed by atoms with Crippen LogP contribution in [-0.4, -0.2) is 59.1 Å². The fourth-order valence-electron chi connectivity index (χ4n) is 5.93. The van der Waals surface area contributed by atoms with Gasteiger partial charge in [0, 0.05) is 65.9 Å². The van der Waals surface area contributed by atoms with E-state index in [0.29, 0.717) is 24.3 Å². The van der Waals surface area contributed by atoms with Gasteiger partial charge < -0.3 is 20.3 Å². The van der Waals surface area contributed by atoms with Gasteiger partial charge >= 0.3 is 12.2 Å². The number of alkyl halides is 3. The van der Waals surface area contributed by atoms with Gasteiger partial charge in [-0.05, 0) is 56.2 Å². The second-order valence-electron chi connectivity index (χ2n) is 10.9. The predicted molar refractivity (Wildman–Crippen MR) is 157 cm³/mol. The summed E-state index contributed by atoms with van der Waals surface area (Å²) in [6.07, 6.45) is -2.93. The summed E-state index contributed by atoms with van der Waals surface area (Å²) in [5, 5.41) is 6.94. The highest BCUT2D eigenvalue weighted by Gasteiger charge is 2.44. The summed E-state index contributed by atoms with van der Waals surface area (Å²) in [6.45, 7) is 4.33. The average molecular weight is 576 g/mol. The van der Waals surface area contributed by atoms with Crippen LogP contribution in [0.5, 0.6) is 5.75 Å². The van der Waals surface area contributed by atoms with Gasteiger partial charge in [-0.3, -0.25) is 9.88 Å². The Bertz CT molecular complexity index is 1580. The molecule has 42 heavy (non-hydrogen) atoms. The van der Waals surface area contributed by atoms with Crippen LogP contribution in [0.4, 0.5) is 35.0 Å². The zero-order chi connectivity index (χ0) is 29.3. The van der Waals surface area contributed by atoms with Crippen molar-refractivity contribution in [3.8, 4) is 5.75 Å². The smallest absolute Gasteiger partial charge is 0.416 e. The van der Waals surface area contributed by atoms with Crippen molar-refractivity contribution >= 4 is 34.0 Å². The largest absolute Gasteiger partial charge is 0.493 e. The van der Waals surface area contributed by atoms with Crippen molar-refractivity contribution < 1.29 is 22.7 Å². The number of urea groups is 1.